The number of rotatable bonds is 3. The molecule has 2 heteroatoms. The summed E-state index contributed by atoms with van der Waals surface area (Å²) in [5.41, 5.74) is 7.52. The quantitative estimate of drug-likeness (QED) is 0.792. The summed E-state index contributed by atoms with van der Waals surface area (Å²) >= 11 is 1.76. The molecular weight excluding hydrogens is 178 g/mol. The number of thiophene rings is 1. The predicted molar refractivity (Wildman–Crippen MR) is 60.0 cm³/mol. The predicted octanol–water partition coefficient (Wildman–Crippen LogP) is 2.91. The number of hydrogen-bond acceptors (Lipinski definition) is 2. The molecule has 0 saturated carbocycles. The highest BCUT2D eigenvalue weighted by molar-refractivity contribution is 7.07. The molecule has 1 heterocycles. The van der Waals surface area contributed by atoms with E-state index in [-0.39, 0.29) is 0 Å². The van der Waals surface area contributed by atoms with Gasteiger partial charge in [0.15, 0.2) is 0 Å². The van der Waals surface area contributed by atoms with Gasteiger partial charge in [0.25, 0.3) is 0 Å². The third-order valence-electron chi connectivity index (χ3n) is 2.57. The van der Waals surface area contributed by atoms with Crippen LogP contribution >= 0.6 is 11.3 Å². The lowest BCUT2D eigenvalue weighted by molar-refractivity contribution is 0.246. The zero-order chi connectivity index (χ0) is 9.90. The maximum atomic E-state index is 5.78. The minimum absolute atomic E-state index is 0.316. The number of hydrogen-bond donors (Lipinski definition) is 1. The Bertz CT molecular complexity index is 233. The van der Waals surface area contributed by atoms with Crippen molar-refractivity contribution in [3.05, 3.63) is 22.4 Å². The largest absolute Gasteiger partial charge is 0.330 e. The maximum Gasteiger partial charge on any atom is -0.00407 e. The Labute approximate surface area is 85.0 Å². The van der Waals surface area contributed by atoms with E-state index >= 15 is 0 Å². The lowest BCUT2D eigenvalue weighted by atomic mass is 9.78. The lowest BCUT2D eigenvalue weighted by Crippen LogP contribution is -2.29. The third-order valence-corrected chi connectivity index (χ3v) is 3.30. The normalized spacial score (nSPS) is 14.5. The summed E-state index contributed by atoms with van der Waals surface area (Å²) in [5.74, 6) is 0.585. The smallest absolute Gasteiger partial charge is 0.00407 e. The van der Waals surface area contributed by atoms with Crippen molar-refractivity contribution in [2.75, 3.05) is 6.54 Å². The Morgan fingerprint density at radius 2 is 2.15 bits per heavy atom. The van der Waals surface area contributed by atoms with Gasteiger partial charge in [-0.15, -0.1) is 0 Å². The molecule has 0 radical (unpaired) electrons. The first-order valence-corrected chi connectivity index (χ1v) is 5.69. The van der Waals surface area contributed by atoms with Crippen LogP contribution in [0.25, 0.3) is 0 Å². The Morgan fingerprint density at radius 1 is 1.46 bits per heavy atom. The molecule has 2 N–H and O–H groups in total. The van der Waals surface area contributed by atoms with Gasteiger partial charge in [0.2, 0.25) is 0 Å². The fraction of sp³-hybridized carbons (Fsp3) is 0.636. The van der Waals surface area contributed by atoms with Gasteiger partial charge in [-0.3, -0.25) is 0 Å². The van der Waals surface area contributed by atoms with Gasteiger partial charge >= 0.3 is 0 Å². The van der Waals surface area contributed by atoms with E-state index in [0.717, 1.165) is 13.0 Å². The topological polar surface area (TPSA) is 26.0 Å². The van der Waals surface area contributed by atoms with Crippen molar-refractivity contribution in [2.45, 2.75) is 27.2 Å². The van der Waals surface area contributed by atoms with Crippen LogP contribution in [-0.4, -0.2) is 6.54 Å². The standard InChI is InChI=1S/C11H19NS/c1-11(2,3)10(7-12)6-9-4-5-13-8-9/h4-5,8,10H,6-7,12H2,1-3H3. The first-order valence-electron chi connectivity index (χ1n) is 4.75. The molecule has 0 aliphatic heterocycles. The van der Waals surface area contributed by atoms with Crippen LogP contribution in [0.5, 0.6) is 0 Å². The lowest BCUT2D eigenvalue weighted by Gasteiger charge is -2.29. The van der Waals surface area contributed by atoms with E-state index in [1.165, 1.54) is 5.56 Å². The second kappa shape index (κ2) is 4.25. The summed E-state index contributed by atoms with van der Waals surface area (Å²) in [6.45, 7) is 7.56. The summed E-state index contributed by atoms with van der Waals surface area (Å²) in [4.78, 5) is 0. The van der Waals surface area contributed by atoms with Crippen molar-refractivity contribution in [1.82, 2.24) is 0 Å². The Hall–Kier alpha value is -0.340. The molecule has 13 heavy (non-hydrogen) atoms. The summed E-state index contributed by atoms with van der Waals surface area (Å²) in [6.07, 6.45) is 1.11. The summed E-state index contributed by atoms with van der Waals surface area (Å²) in [5, 5.41) is 4.35. The van der Waals surface area contributed by atoms with Crippen LogP contribution in [0.3, 0.4) is 0 Å². The minimum atomic E-state index is 0.316. The van der Waals surface area contributed by atoms with E-state index in [1.54, 1.807) is 11.3 Å². The van der Waals surface area contributed by atoms with Crippen LogP contribution in [0.1, 0.15) is 26.3 Å². The molecular formula is C11H19NS. The van der Waals surface area contributed by atoms with E-state index in [4.69, 9.17) is 5.73 Å². The van der Waals surface area contributed by atoms with E-state index in [0.29, 0.717) is 11.3 Å². The van der Waals surface area contributed by atoms with Crippen molar-refractivity contribution in [3.63, 3.8) is 0 Å². The molecule has 1 aromatic heterocycles. The Kier molecular flexibility index (Phi) is 3.51. The summed E-state index contributed by atoms with van der Waals surface area (Å²) in [7, 11) is 0. The van der Waals surface area contributed by atoms with Gasteiger partial charge in [-0.1, -0.05) is 20.8 Å². The molecule has 1 atom stereocenters. The average molecular weight is 197 g/mol. The van der Waals surface area contributed by atoms with Crippen LogP contribution in [0.15, 0.2) is 16.8 Å². The van der Waals surface area contributed by atoms with Crippen LogP contribution in [0.4, 0.5) is 0 Å². The van der Waals surface area contributed by atoms with E-state index < -0.39 is 0 Å². The Morgan fingerprint density at radius 3 is 2.54 bits per heavy atom. The monoisotopic (exact) mass is 197 g/mol. The molecule has 1 nitrogen and oxygen atoms in total. The first-order chi connectivity index (χ1) is 6.04. The summed E-state index contributed by atoms with van der Waals surface area (Å²) in [6, 6.07) is 2.19. The van der Waals surface area contributed by atoms with E-state index in [9.17, 15) is 0 Å². The highest BCUT2D eigenvalue weighted by atomic mass is 32.1. The SMILES string of the molecule is CC(C)(C)C(CN)Cc1ccsc1. The van der Waals surface area contributed by atoms with Gasteiger partial charge in [-0.05, 0) is 46.7 Å². The van der Waals surface area contributed by atoms with Gasteiger partial charge in [0.05, 0.1) is 0 Å². The van der Waals surface area contributed by atoms with Gasteiger partial charge in [0.1, 0.15) is 0 Å². The molecule has 0 spiro atoms. The van der Waals surface area contributed by atoms with Gasteiger partial charge in [-0.2, -0.15) is 11.3 Å². The van der Waals surface area contributed by atoms with Crippen molar-refractivity contribution in [1.29, 1.82) is 0 Å². The van der Waals surface area contributed by atoms with Crippen LogP contribution in [-0.2, 0) is 6.42 Å². The Balaban J connectivity index is 2.60. The van der Waals surface area contributed by atoms with Gasteiger partial charge in [-0.25, -0.2) is 0 Å². The molecule has 0 aliphatic carbocycles. The molecule has 0 aromatic carbocycles. The molecule has 1 unspecified atom stereocenters. The van der Waals surface area contributed by atoms with Crippen molar-refractivity contribution >= 4 is 11.3 Å². The van der Waals surface area contributed by atoms with Crippen LogP contribution in [0, 0.1) is 11.3 Å². The highest BCUT2D eigenvalue weighted by Gasteiger charge is 2.23. The second-order valence-electron chi connectivity index (χ2n) is 4.63. The van der Waals surface area contributed by atoms with Crippen molar-refractivity contribution in [2.24, 2.45) is 17.1 Å². The van der Waals surface area contributed by atoms with Crippen molar-refractivity contribution < 1.29 is 0 Å². The summed E-state index contributed by atoms with van der Waals surface area (Å²) < 4.78 is 0. The van der Waals surface area contributed by atoms with E-state index in [2.05, 4.69) is 37.6 Å². The van der Waals surface area contributed by atoms with E-state index in [1.807, 2.05) is 0 Å². The molecule has 0 saturated heterocycles. The molecule has 0 bridgehead atoms. The maximum absolute atomic E-state index is 5.78. The molecule has 1 rings (SSSR count). The average Bonchev–Trinajstić information content (AvgIpc) is 2.49. The second-order valence-corrected chi connectivity index (χ2v) is 5.41. The highest BCUT2D eigenvalue weighted by Crippen LogP contribution is 2.28. The van der Waals surface area contributed by atoms with Crippen LogP contribution in [0.2, 0.25) is 0 Å². The number of nitrogens with two attached hydrogens (primary N) is 1. The zero-order valence-corrected chi connectivity index (χ0v) is 9.53. The fourth-order valence-corrected chi connectivity index (χ4v) is 2.12. The first kappa shape index (κ1) is 10.7. The molecule has 1 aromatic rings. The van der Waals surface area contributed by atoms with Crippen LogP contribution < -0.4 is 5.73 Å². The third kappa shape index (κ3) is 3.12. The molecule has 0 aliphatic rings. The van der Waals surface area contributed by atoms with Gasteiger partial charge in [0, 0.05) is 0 Å². The molecule has 0 fully saturated rings. The zero-order valence-electron chi connectivity index (χ0n) is 8.71. The van der Waals surface area contributed by atoms with Gasteiger partial charge < -0.3 is 5.73 Å². The minimum Gasteiger partial charge on any atom is -0.330 e. The van der Waals surface area contributed by atoms with Crippen molar-refractivity contribution in [3.8, 4) is 0 Å². The molecule has 74 valence electrons. The fourth-order valence-electron chi connectivity index (χ4n) is 1.44. The molecule has 0 amide bonds.